The van der Waals surface area contributed by atoms with Gasteiger partial charge in [0.1, 0.15) is 5.92 Å². The molecule has 1 atom stereocenters. The van der Waals surface area contributed by atoms with E-state index in [1.807, 2.05) is 13.8 Å². The molecule has 108 valence electrons. The van der Waals surface area contributed by atoms with E-state index in [-0.39, 0.29) is 29.4 Å². The number of ketones is 2. The number of rotatable bonds is 6. The van der Waals surface area contributed by atoms with Crippen molar-refractivity contribution in [1.29, 1.82) is 0 Å². The first-order chi connectivity index (χ1) is 9.23. The van der Waals surface area contributed by atoms with E-state index in [2.05, 4.69) is 0 Å². The molecule has 0 heterocycles. The fraction of sp³-hybridized carbons (Fsp3) is 0.400. The van der Waals surface area contributed by atoms with E-state index >= 15 is 0 Å². The minimum Gasteiger partial charge on any atom is -0.481 e. The third-order valence-corrected chi connectivity index (χ3v) is 3.05. The average molecular weight is 277 g/mol. The molecule has 0 saturated carbocycles. The molecule has 0 aromatic heterocycles. The number of carboxylic acid groups (broad SMARTS) is 1. The topological polar surface area (TPSA) is 97.5 Å². The number of Topliss-reactive ketones (excluding diaryl/α,β-unsaturated/α-hetero) is 2. The maximum atomic E-state index is 12.3. The molecule has 0 spiro atoms. The molecule has 0 saturated heterocycles. The highest BCUT2D eigenvalue weighted by molar-refractivity contribution is 6.11. The van der Waals surface area contributed by atoms with Crippen molar-refractivity contribution in [3.8, 4) is 0 Å². The molecule has 0 aliphatic rings. The maximum Gasteiger partial charge on any atom is 0.314 e. The molecule has 0 fully saturated rings. The standard InChI is InChI=1S/C15H19NO4/c1-8(2)6-12(15(19)20)14(18)11-5-4-10(9(3)17)7-13(11)16/h4-5,7-8,12H,6,16H2,1-3H3,(H,19,20). The van der Waals surface area contributed by atoms with E-state index in [0.29, 0.717) is 5.56 Å². The Bertz CT molecular complexity index is 549. The first kappa shape index (κ1) is 15.9. The van der Waals surface area contributed by atoms with E-state index in [1.165, 1.54) is 25.1 Å². The van der Waals surface area contributed by atoms with Gasteiger partial charge in [0.15, 0.2) is 11.6 Å². The van der Waals surface area contributed by atoms with E-state index in [9.17, 15) is 19.5 Å². The van der Waals surface area contributed by atoms with Crippen LogP contribution in [0.2, 0.25) is 0 Å². The van der Waals surface area contributed by atoms with Crippen LogP contribution in [-0.4, -0.2) is 22.6 Å². The Morgan fingerprint density at radius 2 is 1.85 bits per heavy atom. The van der Waals surface area contributed by atoms with Gasteiger partial charge in [-0.2, -0.15) is 0 Å². The summed E-state index contributed by atoms with van der Waals surface area (Å²) in [6.45, 7) is 5.10. The predicted octanol–water partition coefficient (Wildman–Crippen LogP) is 2.40. The quantitative estimate of drug-likeness (QED) is 0.472. The number of carboxylic acids is 1. The van der Waals surface area contributed by atoms with Gasteiger partial charge in [-0.15, -0.1) is 0 Å². The monoisotopic (exact) mass is 277 g/mol. The molecule has 1 aromatic rings. The summed E-state index contributed by atoms with van der Waals surface area (Å²) in [6.07, 6.45) is 0.252. The molecule has 20 heavy (non-hydrogen) atoms. The van der Waals surface area contributed by atoms with Crippen molar-refractivity contribution in [2.24, 2.45) is 11.8 Å². The zero-order valence-electron chi connectivity index (χ0n) is 11.8. The number of benzene rings is 1. The smallest absolute Gasteiger partial charge is 0.314 e. The van der Waals surface area contributed by atoms with E-state index in [4.69, 9.17) is 5.73 Å². The van der Waals surface area contributed by atoms with Crippen LogP contribution < -0.4 is 5.73 Å². The molecule has 1 unspecified atom stereocenters. The van der Waals surface area contributed by atoms with Crippen LogP contribution in [0.15, 0.2) is 18.2 Å². The SMILES string of the molecule is CC(=O)c1ccc(C(=O)C(CC(C)C)C(=O)O)c(N)c1. The second-order valence-electron chi connectivity index (χ2n) is 5.24. The number of nitrogen functional groups attached to an aromatic ring is 1. The lowest BCUT2D eigenvalue weighted by atomic mass is 9.88. The molecule has 0 aliphatic carbocycles. The predicted molar refractivity (Wildman–Crippen MR) is 75.8 cm³/mol. The third kappa shape index (κ3) is 3.66. The Labute approximate surface area is 117 Å². The summed E-state index contributed by atoms with van der Waals surface area (Å²) in [5.41, 5.74) is 6.45. The normalized spacial score (nSPS) is 12.2. The second-order valence-corrected chi connectivity index (χ2v) is 5.24. The molecule has 1 rings (SSSR count). The van der Waals surface area contributed by atoms with Crippen molar-refractivity contribution < 1.29 is 19.5 Å². The Kier molecular flexibility index (Phi) is 5.02. The minimum absolute atomic E-state index is 0.0813. The summed E-state index contributed by atoms with van der Waals surface area (Å²) >= 11 is 0. The summed E-state index contributed by atoms with van der Waals surface area (Å²) in [5.74, 6) is -2.86. The molecule has 5 nitrogen and oxygen atoms in total. The van der Waals surface area contributed by atoms with E-state index in [0.717, 1.165) is 0 Å². The molecule has 0 bridgehead atoms. The number of anilines is 1. The lowest BCUT2D eigenvalue weighted by molar-refractivity contribution is -0.140. The molecule has 0 amide bonds. The number of carbonyl (C=O) groups excluding carboxylic acids is 2. The van der Waals surface area contributed by atoms with Gasteiger partial charge in [0.25, 0.3) is 0 Å². The van der Waals surface area contributed by atoms with Crippen LogP contribution in [0.1, 0.15) is 47.9 Å². The van der Waals surface area contributed by atoms with Gasteiger partial charge in [-0.1, -0.05) is 19.9 Å². The summed E-state index contributed by atoms with van der Waals surface area (Å²) < 4.78 is 0. The largest absolute Gasteiger partial charge is 0.481 e. The maximum absolute atomic E-state index is 12.3. The Balaban J connectivity index is 3.12. The Morgan fingerprint density at radius 3 is 2.25 bits per heavy atom. The Morgan fingerprint density at radius 1 is 1.25 bits per heavy atom. The van der Waals surface area contributed by atoms with Crippen molar-refractivity contribution in [2.75, 3.05) is 5.73 Å². The van der Waals surface area contributed by atoms with Gasteiger partial charge in [0.2, 0.25) is 0 Å². The van der Waals surface area contributed by atoms with Gasteiger partial charge in [0.05, 0.1) is 0 Å². The lowest BCUT2D eigenvalue weighted by Gasteiger charge is -2.15. The van der Waals surface area contributed by atoms with Crippen molar-refractivity contribution in [2.45, 2.75) is 27.2 Å². The molecule has 5 heteroatoms. The molecular formula is C15H19NO4. The van der Waals surface area contributed by atoms with Crippen molar-refractivity contribution >= 4 is 23.2 Å². The first-order valence-corrected chi connectivity index (χ1v) is 6.41. The summed E-state index contributed by atoms with van der Waals surface area (Å²) in [4.78, 5) is 34.7. The first-order valence-electron chi connectivity index (χ1n) is 6.41. The van der Waals surface area contributed by atoms with Crippen LogP contribution in [0.3, 0.4) is 0 Å². The van der Waals surface area contributed by atoms with Crippen molar-refractivity contribution in [1.82, 2.24) is 0 Å². The highest BCUT2D eigenvalue weighted by Gasteiger charge is 2.29. The lowest BCUT2D eigenvalue weighted by Crippen LogP contribution is -2.26. The van der Waals surface area contributed by atoms with E-state index < -0.39 is 17.7 Å². The third-order valence-electron chi connectivity index (χ3n) is 3.05. The summed E-state index contributed by atoms with van der Waals surface area (Å²) in [7, 11) is 0. The molecule has 1 aromatic carbocycles. The van der Waals surface area contributed by atoms with Gasteiger partial charge < -0.3 is 10.8 Å². The summed E-state index contributed by atoms with van der Waals surface area (Å²) in [5, 5.41) is 9.17. The number of carbonyl (C=O) groups is 3. The highest BCUT2D eigenvalue weighted by atomic mass is 16.4. The molecule has 3 N–H and O–H groups in total. The molecule has 0 radical (unpaired) electrons. The number of nitrogens with two attached hydrogens (primary N) is 1. The molecular weight excluding hydrogens is 258 g/mol. The fourth-order valence-electron chi connectivity index (χ4n) is 1.99. The fourth-order valence-corrected chi connectivity index (χ4v) is 1.99. The van der Waals surface area contributed by atoms with Crippen LogP contribution in [0.5, 0.6) is 0 Å². The van der Waals surface area contributed by atoms with Gasteiger partial charge >= 0.3 is 5.97 Å². The molecule has 0 aliphatic heterocycles. The van der Waals surface area contributed by atoms with Crippen molar-refractivity contribution in [3.05, 3.63) is 29.3 Å². The van der Waals surface area contributed by atoms with Crippen LogP contribution in [-0.2, 0) is 4.79 Å². The van der Waals surface area contributed by atoms with E-state index in [1.54, 1.807) is 0 Å². The average Bonchev–Trinajstić information content (AvgIpc) is 2.34. The van der Waals surface area contributed by atoms with Crippen LogP contribution >= 0.6 is 0 Å². The van der Waals surface area contributed by atoms with Gasteiger partial charge in [-0.25, -0.2) is 0 Å². The zero-order chi connectivity index (χ0) is 15.4. The number of aliphatic carboxylic acids is 1. The zero-order valence-corrected chi connectivity index (χ0v) is 11.8. The highest BCUT2D eigenvalue weighted by Crippen LogP contribution is 2.23. The van der Waals surface area contributed by atoms with Gasteiger partial charge in [0, 0.05) is 16.8 Å². The Hall–Kier alpha value is -2.17. The summed E-state index contributed by atoms with van der Waals surface area (Å²) in [6, 6.07) is 4.31. The second kappa shape index (κ2) is 6.32. The van der Waals surface area contributed by atoms with Gasteiger partial charge in [-0.3, -0.25) is 14.4 Å². The van der Waals surface area contributed by atoms with Crippen molar-refractivity contribution in [3.63, 3.8) is 0 Å². The number of hydrogen-bond acceptors (Lipinski definition) is 4. The van der Waals surface area contributed by atoms with Crippen LogP contribution in [0.4, 0.5) is 5.69 Å². The minimum atomic E-state index is -1.15. The van der Waals surface area contributed by atoms with Gasteiger partial charge in [-0.05, 0) is 31.4 Å². The van der Waals surface area contributed by atoms with Crippen LogP contribution in [0.25, 0.3) is 0 Å². The van der Waals surface area contributed by atoms with Crippen LogP contribution in [0, 0.1) is 11.8 Å². The number of hydrogen-bond donors (Lipinski definition) is 2.